The predicted molar refractivity (Wildman–Crippen MR) is 116 cm³/mol. The summed E-state index contributed by atoms with van der Waals surface area (Å²) in [5.41, 5.74) is 1.86. The van der Waals surface area contributed by atoms with Crippen molar-refractivity contribution in [2.24, 2.45) is 0 Å². The molecule has 0 saturated carbocycles. The van der Waals surface area contributed by atoms with E-state index < -0.39 is 11.8 Å². The quantitative estimate of drug-likeness (QED) is 0.658. The summed E-state index contributed by atoms with van der Waals surface area (Å²) in [7, 11) is 2.88. The number of fused-ring (bicyclic) bond motifs is 1. The summed E-state index contributed by atoms with van der Waals surface area (Å²) >= 11 is 24.9. The van der Waals surface area contributed by atoms with Crippen LogP contribution in [-0.4, -0.2) is 26.0 Å². The zero-order valence-corrected chi connectivity index (χ0v) is 18.5. The van der Waals surface area contributed by atoms with Gasteiger partial charge < -0.3 is 20.1 Å². The van der Waals surface area contributed by atoms with Gasteiger partial charge in [-0.05, 0) is 24.3 Å². The SMILES string of the molecule is COc1c(Cl)cc(C2=C3C(=O)NC(c4cc(Cl)c(OC)c(Cl)c4)=C3C(=O)N2)cc1Cl. The van der Waals surface area contributed by atoms with Crippen LogP contribution in [0.2, 0.25) is 20.1 Å². The Labute approximate surface area is 191 Å². The largest absolute Gasteiger partial charge is 0.494 e. The molecule has 2 aromatic rings. The summed E-state index contributed by atoms with van der Waals surface area (Å²) in [6, 6.07) is 6.24. The average molecular weight is 486 g/mol. The fourth-order valence-corrected chi connectivity index (χ4v) is 4.70. The van der Waals surface area contributed by atoms with E-state index in [-0.39, 0.29) is 31.2 Å². The van der Waals surface area contributed by atoms with Crippen LogP contribution in [-0.2, 0) is 9.59 Å². The summed E-state index contributed by atoms with van der Waals surface area (Å²) in [5.74, 6) is -0.322. The van der Waals surface area contributed by atoms with Gasteiger partial charge in [-0.3, -0.25) is 9.59 Å². The highest BCUT2D eigenvalue weighted by Crippen LogP contribution is 2.43. The molecule has 2 amide bonds. The Balaban J connectivity index is 1.90. The maximum Gasteiger partial charge on any atom is 0.258 e. The summed E-state index contributed by atoms with van der Waals surface area (Å²) in [5, 5.41) is 6.41. The lowest BCUT2D eigenvalue weighted by atomic mass is 10.0. The number of amides is 2. The molecule has 4 rings (SSSR count). The number of carbonyl (C=O) groups is 2. The van der Waals surface area contributed by atoms with Gasteiger partial charge in [0, 0.05) is 11.1 Å². The smallest absolute Gasteiger partial charge is 0.258 e. The third kappa shape index (κ3) is 3.20. The molecule has 0 fully saturated rings. The van der Waals surface area contributed by atoms with Crippen molar-refractivity contribution in [3.8, 4) is 11.5 Å². The fraction of sp³-hybridized carbons (Fsp3) is 0.100. The molecular weight excluding hydrogens is 474 g/mol. The Morgan fingerprint density at radius 2 is 0.933 bits per heavy atom. The van der Waals surface area contributed by atoms with Gasteiger partial charge in [-0.2, -0.15) is 0 Å². The van der Waals surface area contributed by atoms with Crippen molar-refractivity contribution in [3.05, 3.63) is 66.6 Å². The maximum atomic E-state index is 12.8. The first-order valence-electron chi connectivity index (χ1n) is 8.45. The Morgan fingerprint density at radius 3 is 1.20 bits per heavy atom. The van der Waals surface area contributed by atoms with Crippen molar-refractivity contribution in [1.29, 1.82) is 0 Å². The molecule has 2 aliphatic heterocycles. The van der Waals surface area contributed by atoms with E-state index >= 15 is 0 Å². The minimum Gasteiger partial charge on any atom is -0.494 e. The van der Waals surface area contributed by atoms with Crippen LogP contribution < -0.4 is 20.1 Å². The number of methoxy groups -OCH3 is 2. The van der Waals surface area contributed by atoms with Crippen LogP contribution in [0.25, 0.3) is 11.4 Å². The van der Waals surface area contributed by atoms with Crippen molar-refractivity contribution < 1.29 is 19.1 Å². The van der Waals surface area contributed by atoms with E-state index in [0.29, 0.717) is 34.0 Å². The first kappa shape index (κ1) is 20.9. The number of carbonyl (C=O) groups excluding carboxylic acids is 2. The molecule has 0 atom stereocenters. The number of hydrogen-bond acceptors (Lipinski definition) is 4. The third-order valence-electron chi connectivity index (χ3n) is 4.66. The van der Waals surface area contributed by atoms with Gasteiger partial charge in [-0.25, -0.2) is 0 Å². The normalized spacial score (nSPS) is 15.4. The lowest BCUT2D eigenvalue weighted by Crippen LogP contribution is -2.21. The van der Waals surface area contributed by atoms with E-state index in [0.717, 1.165) is 0 Å². The van der Waals surface area contributed by atoms with Gasteiger partial charge in [0.25, 0.3) is 11.8 Å². The van der Waals surface area contributed by atoms with Crippen LogP contribution >= 0.6 is 46.4 Å². The van der Waals surface area contributed by atoms with E-state index in [1.54, 1.807) is 24.3 Å². The number of benzene rings is 2. The number of nitrogens with one attached hydrogen (secondary N) is 2. The average Bonchev–Trinajstić information content (AvgIpc) is 3.20. The zero-order chi connectivity index (χ0) is 21.7. The van der Waals surface area contributed by atoms with Crippen LogP contribution in [0.5, 0.6) is 11.5 Å². The van der Waals surface area contributed by atoms with Gasteiger partial charge >= 0.3 is 0 Å². The van der Waals surface area contributed by atoms with E-state index in [1.807, 2.05) is 0 Å². The topological polar surface area (TPSA) is 76.7 Å². The summed E-state index contributed by atoms with van der Waals surface area (Å²) in [6.45, 7) is 0. The van der Waals surface area contributed by atoms with Crippen LogP contribution in [0.3, 0.4) is 0 Å². The Hall–Kier alpha value is -2.38. The predicted octanol–water partition coefficient (Wildman–Crippen LogP) is 4.70. The standard InChI is InChI=1S/C20H12Cl4N2O4/c1-29-17-9(21)3-7(4-10(17)22)15-13-14(20(28)25-15)16(26-19(13)27)8-5-11(23)18(30-2)12(24)6-8/h3-6H,1-2H3,(H,25,28)(H,26,27). The van der Waals surface area contributed by atoms with Gasteiger partial charge in [0.1, 0.15) is 0 Å². The van der Waals surface area contributed by atoms with E-state index in [9.17, 15) is 9.59 Å². The van der Waals surface area contributed by atoms with Gasteiger partial charge in [-0.15, -0.1) is 0 Å². The van der Waals surface area contributed by atoms with E-state index in [4.69, 9.17) is 55.9 Å². The monoisotopic (exact) mass is 484 g/mol. The van der Waals surface area contributed by atoms with Crippen LogP contribution in [0.1, 0.15) is 11.1 Å². The Bertz CT molecular complexity index is 1060. The molecule has 154 valence electrons. The number of hydrogen-bond donors (Lipinski definition) is 2. The highest BCUT2D eigenvalue weighted by Gasteiger charge is 2.41. The van der Waals surface area contributed by atoms with Crippen molar-refractivity contribution in [2.75, 3.05) is 14.2 Å². The minimum absolute atomic E-state index is 0.176. The molecule has 2 aliphatic rings. The second kappa shape index (κ2) is 7.71. The summed E-state index contributed by atoms with van der Waals surface area (Å²) < 4.78 is 10.3. The second-order valence-electron chi connectivity index (χ2n) is 6.35. The van der Waals surface area contributed by atoms with Gasteiger partial charge in [0.2, 0.25) is 0 Å². The number of rotatable bonds is 4. The van der Waals surface area contributed by atoms with Crippen molar-refractivity contribution in [2.45, 2.75) is 0 Å². The van der Waals surface area contributed by atoms with Crippen LogP contribution in [0.4, 0.5) is 0 Å². The van der Waals surface area contributed by atoms with Gasteiger partial charge in [-0.1, -0.05) is 46.4 Å². The molecule has 6 nitrogen and oxygen atoms in total. The van der Waals surface area contributed by atoms with Crippen molar-refractivity contribution in [3.63, 3.8) is 0 Å². The maximum absolute atomic E-state index is 12.8. The minimum atomic E-state index is -0.459. The molecule has 0 unspecified atom stereocenters. The first-order valence-corrected chi connectivity index (χ1v) is 9.96. The molecule has 2 aromatic carbocycles. The first-order chi connectivity index (χ1) is 14.3. The molecule has 10 heteroatoms. The van der Waals surface area contributed by atoms with Crippen LogP contribution in [0, 0.1) is 0 Å². The molecule has 2 heterocycles. The summed E-state index contributed by atoms with van der Waals surface area (Å²) in [4.78, 5) is 25.5. The van der Waals surface area contributed by atoms with Crippen LogP contribution in [0.15, 0.2) is 35.4 Å². The molecule has 0 bridgehead atoms. The summed E-state index contributed by atoms with van der Waals surface area (Å²) in [6.07, 6.45) is 0. The molecule has 0 radical (unpaired) electrons. The highest BCUT2D eigenvalue weighted by molar-refractivity contribution is 6.39. The molecular formula is C20H12Cl4N2O4. The molecule has 0 aliphatic carbocycles. The second-order valence-corrected chi connectivity index (χ2v) is 7.98. The third-order valence-corrected chi connectivity index (χ3v) is 5.79. The number of halogens is 4. The van der Waals surface area contributed by atoms with Crippen molar-refractivity contribution in [1.82, 2.24) is 10.6 Å². The Kier molecular flexibility index (Phi) is 5.36. The highest BCUT2D eigenvalue weighted by atomic mass is 35.5. The molecule has 0 aromatic heterocycles. The molecule has 0 spiro atoms. The number of ether oxygens (including phenoxy) is 2. The lowest BCUT2D eigenvalue weighted by molar-refractivity contribution is -0.117. The molecule has 2 N–H and O–H groups in total. The molecule has 30 heavy (non-hydrogen) atoms. The fourth-order valence-electron chi connectivity index (χ4n) is 3.41. The molecule has 0 saturated heterocycles. The van der Waals surface area contributed by atoms with Crippen molar-refractivity contribution >= 4 is 69.6 Å². The lowest BCUT2D eigenvalue weighted by Gasteiger charge is -2.12. The Morgan fingerprint density at radius 1 is 0.633 bits per heavy atom. The zero-order valence-electron chi connectivity index (χ0n) is 15.5. The van der Waals surface area contributed by atoms with Gasteiger partial charge in [0.15, 0.2) is 11.5 Å². The van der Waals surface area contributed by atoms with Gasteiger partial charge in [0.05, 0.1) is 56.9 Å². The van der Waals surface area contributed by atoms with E-state index in [2.05, 4.69) is 10.6 Å². The van der Waals surface area contributed by atoms with E-state index in [1.165, 1.54) is 14.2 Å².